The molecule has 3 nitrogen and oxygen atoms in total. The zero-order valence-corrected chi connectivity index (χ0v) is 14.0. The molecule has 1 amide bonds. The summed E-state index contributed by atoms with van der Waals surface area (Å²) in [5.41, 5.74) is 7.62. The van der Waals surface area contributed by atoms with Crippen LogP contribution in [0.2, 0.25) is 0 Å². The number of nitrogens with zero attached hydrogens (tertiary/aromatic N) is 1. The maximum atomic E-state index is 12.8. The summed E-state index contributed by atoms with van der Waals surface area (Å²) in [6.45, 7) is 5.91. The third-order valence-corrected chi connectivity index (χ3v) is 6.28. The normalized spacial score (nSPS) is 25.3. The van der Waals surface area contributed by atoms with Crippen LogP contribution in [0.4, 0.5) is 0 Å². The number of amides is 1. The molecular weight excluding hydrogens is 280 g/mol. The van der Waals surface area contributed by atoms with E-state index in [9.17, 15) is 4.79 Å². The van der Waals surface area contributed by atoms with Crippen molar-refractivity contribution >= 4 is 17.2 Å². The maximum Gasteiger partial charge on any atom is 0.263 e. The van der Waals surface area contributed by atoms with Crippen LogP contribution in [0.3, 0.4) is 0 Å². The van der Waals surface area contributed by atoms with Gasteiger partial charge in [0.25, 0.3) is 5.91 Å². The topological polar surface area (TPSA) is 46.3 Å². The number of piperidine rings is 1. The van der Waals surface area contributed by atoms with Gasteiger partial charge in [0.15, 0.2) is 0 Å². The molecule has 0 radical (unpaired) electrons. The van der Waals surface area contributed by atoms with Crippen LogP contribution in [-0.4, -0.2) is 29.9 Å². The first kappa shape index (κ1) is 15.0. The van der Waals surface area contributed by atoms with E-state index in [-0.39, 0.29) is 17.4 Å². The molecule has 1 aromatic heterocycles. The molecule has 3 rings (SSSR count). The van der Waals surface area contributed by atoms with Crippen molar-refractivity contribution in [3.63, 3.8) is 0 Å². The van der Waals surface area contributed by atoms with Crippen LogP contribution in [0.1, 0.15) is 59.6 Å². The molecule has 0 saturated carbocycles. The monoisotopic (exact) mass is 306 g/mol. The molecule has 0 spiro atoms. The van der Waals surface area contributed by atoms with Gasteiger partial charge in [-0.05, 0) is 49.1 Å². The Kier molecular flexibility index (Phi) is 4.10. The average molecular weight is 306 g/mol. The molecule has 1 aliphatic carbocycles. The standard InChI is InChI=1S/C17H26N2OS/c1-17(2)11-19(9-8-15(17)18)16(20)14-10-12-6-4-3-5-7-13(12)21-14/h10,15H,3-9,11,18H2,1-2H3. The van der Waals surface area contributed by atoms with Crippen molar-refractivity contribution in [1.29, 1.82) is 0 Å². The van der Waals surface area contributed by atoms with E-state index < -0.39 is 0 Å². The summed E-state index contributed by atoms with van der Waals surface area (Å²) in [7, 11) is 0. The molecule has 1 unspecified atom stereocenters. The molecule has 1 saturated heterocycles. The molecule has 1 atom stereocenters. The van der Waals surface area contributed by atoms with Crippen LogP contribution in [-0.2, 0) is 12.8 Å². The highest BCUT2D eigenvalue weighted by Gasteiger charge is 2.36. The number of carbonyl (C=O) groups is 1. The van der Waals surface area contributed by atoms with E-state index >= 15 is 0 Å². The molecule has 4 heteroatoms. The molecule has 116 valence electrons. The highest BCUT2D eigenvalue weighted by molar-refractivity contribution is 7.14. The van der Waals surface area contributed by atoms with Crippen molar-refractivity contribution in [3.8, 4) is 0 Å². The van der Waals surface area contributed by atoms with E-state index in [1.807, 2.05) is 4.90 Å². The van der Waals surface area contributed by atoms with Gasteiger partial charge >= 0.3 is 0 Å². The second-order valence-corrected chi connectivity index (χ2v) is 8.37. The SMILES string of the molecule is CC1(C)CN(C(=O)c2cc3c(s2)CCCCC3)CCC1N. The maximum absolute atomic E-state index is 12.8. The van der Waals surface area contributed by atoms with Gasteiger partial charge in [-0.1, -0.05) is 20.3 Å². The smallest absolute Gasteiger partial charge is 0.263 e. The summed E-state index contributed by atoms with van der Waals surface area (Å²) in [5.74, 6) is 0.216. The van der Waals surface area contributed by atoms with Crippen molar-refractivity contribution < 1.29 is 4.79 Å². The molecule has 0 aromatic carbocycles. The average Bonchev–Trinajstić information content (AvgIpc) is 2.72. The van der Waals surface area contributed by atoms with Crippen LogP contribution in [0.25, 0.3) is 0 Å². The number of rotatable bonds is 1. The third-order valence-electron chi connectivity index (χ3n) is 5.06. The van der Waals surface area contributed by atoms with Crippen LogP contribution in [0, 0.1) is 5.41 Å². The van der Waals surface area contributed by atoms with Gasteiger partial charge in [-0.3, -0.25) is 4.79 Å². The Morgan fingerprint density at radius 1 is 1.33 bits per heavy atom. The van der Waals surface area contributed by atoms with Gasteiger partial charge in [-0.15, -0.1) is 11.3 Å². The van der Waals surface area contributed by atoms with Crippen LogP contribution in [0.5, 0.6) is 0 Å². The molecule has 21 heavy (non-hydrogen) atoms. The number of carbonyl (C=O) groups excluding carboxylic acids is 1. The predicted octanol–water partition coefficient (Wildman–Crippen LogP) is 3.22. The molecule has 2 heterocycles. The third kappa shape index (κ3) is 3.02. The van der Waals surface area contributed by atoms with Crippen LogP contribution >= 0.6 is 11.3 Å². The number of hydrogen-bond acceptors (Lipinski definition) is 3. The molecule has 0 bridgehead atoms. The molecule has 2 N–H and O–H groups in total. The summed E-state index contributed by atoms with van der Waals surface area (Å²) in [6.07, 6.45) is 7.07. The highest BCUT2D eigenvalue weighted by atomic mass is 32.1. The van der Waals surface area contributed by atoms with Gasteiger partial charge < -0.3 is 10.6 Å². The number of likely N-dealkylation sites (tertiary alicyclic amines) is 1. The lowest BCUT2D eigenvalue weighted by Crippen LogP contribution is -2.53. The zero-order valence-electron chi connectivity index (χ0n) is 13.2. The minimum atomic E-state index is 0.0161. The van der Waals surface area contributed by atoms with Gasteiger partial charge in [0.05, 0.1) is 4.88 Å². The lowest BCUT2D eigenvalue weighted by molar-refractivity contribution is 0.0537. The van der Waals surface area contributed by atoms with E-state index in [1.54, 1.807) is 11.3 Å². The Morgan fingerprint density at radius 2 is 2.10 bits per heavy atom. The molecular formula is C17H26N2OS. The van der Waals surface area contributed by atoms with Gasteiger partial charge in [-0.25, -0.2) is 0 Å². The van der Waals surface area contributed by atoms with Crippen molar-refractivity contribution in [3.05, 3.63) is 21.4 Å². The van der Waals surface area contributed by atoms with E-state index in [4.69, 9.17) is 5.73 Å². The van der Waals surface area contributed by atoms with Crippen LogP contribution < -0.4 is 5.73 Å². The van der Waals surface area contributed by atoms with E-state index in [0.29, 0.717) is 0 Å². The molecule has 1 aromatic rings. The number of aryl methyl sites for hydroxylation is 2. The molecule has 1 fully saturated rings. The Balaban J connectivity index is 1.76. The van der Waals surface area contributed by atoms with Crippen molar-refractivity contribution in [2.45, 2.75) is 58.4 Å². The van der Waals surface area contributed by atoms with E-state index in [0.717, 1.165) is 37.2 Å². The number of nitrogens with two attached hydrogens (primary N) is 1. The Morgan fingerprint density at radius 3 is 2.86 bits per heavy atom. The first-order valence-electron chi connectivity index (χ1n) is 8.14. The van der Waals surface area contributed by atoms with Crippen molar-refractivity contribution in [2.24, 2.45) is 11.1 Å². The minimum absolute atomic E-state index is 0.0161. The number of hydrogen-bond donors (Lipinski definition) is 1. The highest BCUT2D eigenvalue weighted by Crippen LogP contribution is 2.32. The van der Waals surface area contributed by atoms with Crippen molar-refractivity contribution in [2.75, 3.05) is 13.1 Å². The Hall–Kier alpha value is -0.870. The number of fused-ring (bicyclic) bond motifs is 1. The van der Waals surface area contributed by atoms with Gasteiger partial charge in [0.2, 0.25) is 0 Å². The Labute approximate surface area is 131 Å². The fraction of sp³-hybridized carbons (Fsp3) is 0.706. The first-order valence-corrected chi connectivity index (χ1v) is 8.95. The summed E-state index contributed by atoms with van der Waals surface area (Å²) in [5, 5.41) is 0. The lowest BCUT2D eigenvalue weighted by Gasteiger charge is -2.42. The minimum Gasteiger partial charge on any atom is -0.337 e. The molecule has 2 aliphatic rings. The van der Waals surface area contributed by atoms with Gasteiger partial charge in [0, 0.05) is 24.0 Å². The largest absolute Gasteiger partial charge is 0.337 e. The summed E-state index contributed by atoms with van der Waals surface area (Å²) in [4.78, 5) is 17.2. The lowest BCUT2D eigenvalue weighted by atomic mass is 9.79. The van der Waals surface area contributed by atoms with E-state index in [1.165, 1.54) is 29.7 Å². The summed E-state index contributed by atoms with van der Waals surface area (Å²) >= 11 is 1.73. The first-order chi connectivity index (χ1) is 9.97. The second kappa shape index (κ2) is 5.73. The second-order valence-electron chi connectivity index (χ2n) is 7.23. The summed E-state index contributed by atoms with van der Waals surface area (Å²) < 4.78 is 0. The van der Waals surface area contributed by atoms with Crippen LogP contribution in [0.15, 0.2) is 6.07 Å². The fourth-order valence-corrected chi connectivity index (χ4v) is 4.70. The predicted molar refractivity (Wildman–Crippen MR) is 87.9 cm³/mol. The summed E-state index contributed by atoms with van der Waals surface area (Å²) in [6, 6.07) is 2.36. The van der Waals surface area contributed by atoms with Crippen molar-refractivity contribution in [1.82, 2.24) is 4.90 Å². The number of thiophene rings is 1. The quantitative estimate of drug-likeness (QED) is 0.810. The Bertz CT molecular complexity index is 511. The van der Waals surface area contributed by atoms with Gasteiger partial charge in [-0.2, -0.15) is 0 Å². The fourth-order valence-electron chi connectivity index (χ4n) is 3.48. The molecule has 1 aliphatic heterocycles. The zero-order chi connectivity index (χ0) is 15.0. The van der Waals surface area contributed by atoms with E-state index in [2.05, 4.69) is 19.9 Å². The van der Waals surface area contributed by atoms with Gasteiger partial charge in [0.1, 0.15) is 0 Å².